The van der Waals surface area contributed by atoms with Crippen molar-refractivity contribution in [2.75, 3.05) is 12.4 Å². The molecule has 1 unspecified atom stereocenters. The van der Waals surface area contributed by atoms with Crippen LogP contribution < -0.4 is 0 Å². The number of halogens is 1. The van der Waals surface area contributed by atoms with Gasteiger partial charge in [0.05, 0.1) is 13.6 Å². The minimum atomic E-state index is 0.476. The highest BCUT2D eigenvalue weighted by atomic mass is 79.9. The quantitative estimate of drug-likeness (QED) is 0.725. The van der Waals surface area contributed by atoms with Crippen LogP contribution in [-0.2, 0) is 13.6 Å². The zero-order valence-corrected chi connectivity index (χ0v) is 9.69. The Morgan fingerprint density at radius 3 is 2.77 bits per heavy atom. The zero-order valence-electron chi connectivity index (χ0n) is 8.11. The van der Waals surface area contributed by atoms with Crippen molar-refractivity contribution in [3.8, 4) is 0 Å². The van der Waals surface area contributed by atoms with Gasteiger partial charge in [-0.15, -0.1) is 10.2 Å². The lowest BCUT2D eigenvalue weighted by atomic mass is 10.3. The van der Waals surface area contributed by atoms with Gasteiger partial charge in [0, 0.05) is 11.4 Å². The van der Waals surface area contributed by atoms with Crippen LogP contribution in [0.4, 0.5) is 0 Å². The maximum absolute atomic E-state index is 4.10. The van der Waals surface area contributed by atoms with Crippen LogP contribution in [0, 0.1) is 0 Å². The molecule has 0 spiro atoms. The summed E-state index contributed by atoms with van der Waals surface area (Å²) in [5, 5.41) is 12.7. The van der Waals surface area contributed by atoms with Crippen LogP contribution in [0.3, 0.4) is 0 Å². The molecule has 74 valence electrons. The summed E-state index contributed by atoms with van der Waals surface area (Å²) in [4.78, 5) is 3.65. The van der Waals surface area contributed by atoms with E-state index in [-0.39, 0.29) is 0 Å². The largest absolute Gasteiger partial charge is 0.295 e. The van der Waals surface area contributed by atoms with E-state index >= 15 is 0 Å². The molecule has 0 saturated carbocycles. The Labute approximate surface area is 86.2 Å². The Morgan fingerprint density at radius 1 is 1.62 bits per heavy atom. The Morgan fingerprint density at radius 2 is 2.31 bits per heavy atom. The third-order valence-electron chi connectivity index (χ3n) is 1.92. The van der Waals surface area contributed by atoms with E-state index in [9.17, 15) is 0 Å². The molecule has 0 fully saturated rings. The number of rotatable bonds is 4. The highest BCUT2D eigenvalue weighted by Gasteiger charge is 2.10. The molecule has 1 rings (SSSR count). The lowest BCUT2D eigenvalue weighted by Gasteiger charge is -2.20. The Hall–Kier alpha value is -0.490. The fourth-order valence-electron chi connectivity index (χ4n) is 0.883. The molecule has 0 aliphatic carbocycles. The number of alkyl halides is 1. The molecule has 5 nitrogen and oxygen atoms in total. The van der Waals surface area contributed by atoms with Gasteiger partial charge in [0.15, 0.2) is 5.82 Å². The first kappa shape index (κ1) is 10.6. The second-order valence-corrected chi connectivity index (χ2v) is 3.76. The zero-order chi connectivity index (χ0) is 9.84. The predicted molar refractivity (Wildman–Crippen MR) is 53.5 cm³/mol. The molecule has 0 aliphatic rings. The minimum Gasteiger partial charge on any atom is -0.295 e. The second-order valence-electron chi connectivity index (χ2n) is 3.11. The maximum Gasteiger partial charge on any atom is 0.188 e. The summed E-state index contributed by atoms with van der Waals surface area (Å²) in [6.07, 6.45) is 0. The predicted octanol–water partition coefficient (Wildman–Crippen LogP) is 0.425. The molecule has 1 aromatic rings. The van der Waals surface area contributed by atoms with Gasteiger partial charge in [0.2, 0.25) is 0 Å². The third-order valence-corrected chi connectivity index (χ3v) is 2.85. The first-order chi connectivity index (χ1) is 6.13. The second kappa shape index (κ2) is 4.66. The van der Waals surface area contributed by atoms with Crippen LogP contribution in [0.2, 0.25) is 0 Å². The van der Waals surface area contributed by atoms with Gasteiger partial charge in [-0.05, 0) is 19.2 Å². The summed E-state index contributed by atoms with van der Waals surface area (Å²) in [5.74, 6) is 0.762. The molecule has 1 heterocycles. The first-order valence-corrected chi connectivity index (χ1v) is 5.24. The summed E-state index contributed by atoms with van der Waals surface area (Å²) >= 11 is 3.43. The third kappa shape index (κ3) is 3.04. The van der Waals surface area contributed by atoms with Crippen LogP contribution >= 0.6 is 15.9 Å². The number of hydrogen-bond acceptors (Lipinski definition) is 4. The Kier molecular flexibility index (Phi) is 3.80. The summed E-state index contributed by atoms with van der Waals surface area (Å²) < 4.78 is 0. The molecule has 0 bridgehead atoms. The minimum absolute atomic E-state index is 0.476. The van der Waals surface area contributed by atoms with Crippen molar-refractivity contribution < 1.29 is 0 Å². The lowest BCUT2D eigenvalue weighted by Crippen LogP contribution is -2.30. The maximum atomic E-state index is 4.10. The fraction of sp³-hybridized carbons (Fsp3) is 0.857. The van der Waals surface area contributed by atoms with Gasteiger partial charge < -0.3 is 0 Å². The molecule has 0 radical (unpaired) electrons. The van der Waals surface area contributed by atoms with Crippen LogP contribution in [-0.4, -0.2) is 43.5 Å². The number of tetrazole rings is 1. The molecular formula is C7H14BrN5. The van der Waals surface area contributed by atoms with E-state index in [1.54, 1.807) is 7.05 Å². The summed E-state index contributed by atoms with van der Waals surface area (Å²) in [7, 11) is 3.81. The van der Waals surface area contributed by atoms with E-state index in [0.717, 1.165) is 17.7 Å². The van der Waals surface area contributed by atoms with Gasteiger partial charge in [0.25, 0.3) is 0 Å². The number of aryl methyl sites for hydroxylation is 1. The molecule has 0 N–H and O–H groups in total. The van der Waals surface area contributed by atoms with Crippen LogP contribution in [0.25, 0.3) is 0 Å². The van der Waals surface area contributed by atoms with E-state index in [1.165, 1.54) is 4.80 Å². The van der Waals surface area contributed by atoms with Crippen molar-refractivity contribution >= 4 is 15.9 Å². The van der Waals surface area contributed by atoms with E-state index in [1.807, 2.05) is 7.05 Å². The van der Waals surface area contributed by atoms with Crippen molar-refractivity contribution in [2.24, 2.45) is 7.05 Å². The topological polar surface area (TPSA) is 46.8 Å². The van der Waals surface area contributed by atoms with Crippen molar-refractivity contribution in [2.45, 2.75) is 19.5 Å². The average molecular weight is 248 g/mol. The van der Waals surface area contributed by atoms with Crippen LogP contribution in [0.15, 0.2) is 0 Å². The highest BCUT2D eigenvalue weighted by molar-refractivity contribution is 9.09. The molecule has 1 aromatic heterocycles. The Bertz CT molecular complexity index is 261. The number of nitrogens with zero attached hydrogens (tertiary/aromatic N) is 5. The van der Waals surface area contributed by atoms with Crippen molar-refractivity contribution in [1.29, 1.82) is 0 Å². The molecular weight excluding hydrogens is 234 g/mol. The standard InChI is InChI=1S/C7H14BrN5/c1-6(4-8)12(2)5-7-9-11-13(3)10-7/h6H,4-5H2,1-3H3. The Balaban J connectivity index is 2.49. The van der Waals surface area contributed by atoms with Gasteiger partial charge in [-0.1, -0.05) is 15.9 Å². The summed E-state index contributed by atoms with van der Waals surface area (Å²) in [6.45, 7) is 2.88. The van der Waals surface area contributed by atoms with Crippen LogP contribution in [0.5, 0.6) is 0 Å². The van der Waals surface area contributed by atoms with Crippen molar-refractivity contribution in [3.63, 3.8) is 0 Å². The van der Waals surface area contributed by atoms with E-state index in [4.69, 9.17) is 0 Å². The molecule has 0 aliphatic heterocycles. The molecule has 0 aromatic carbocycles. The molecule has 6 heteroatoms. The van der Waals surface area contributed by atoms with Gasteiger partial charge >= 0.3 is 0 Å². The van der Waals surface area contributed by atoms with Crippen LogP contribution in [0.1, 0.15) is 12.7 Å². The van der Waals surface area contributed by atoms with Gasteiger partial charge in [-0.2, -0.15) is 4.80 Å². The van der Waals surface area contributed by atoms with Gasteiger partial charge in [-0.25, -0.2) is 0 Å². The van der Waals surface area contributed by atoms with Gasteiger partial charge in [0.1, 0.15) is 0 Å². The molecule has 1 atom stereocenters. The SMILES string of the molecule is CC(CBr)N(C)Cc1nnn(C)n1. The molecule has 0 saturated heterocycles. The van der Waals surface area contributed by atoms with E-state index in [0.29, 0.717) is 6.04 Å². The fourth-order valence-corrected chi connectivity index (χ4v) is 1.38. The van der Waals surface area contributed by atoms with E-state index < -0.39 is 0 Å². The number of hydrogen-bond donors (Lipinski definition) is 0. The highest BCUT2D eigenvalue weighted by Crippen LogP contribution is 2.02. The monoisotopic (exact) mass is 247 g/mol. The summed E-state index contributed by atoms with van der Waals surface area (Å²) in [5.41, 5.74) is 0. The molecule has 0 amide bonds. The van der Waals surface area contributed by atoms with E-state index in [2.05, 4.69) is 43.2 Å². The summed E-state index contributed by atoms with van der Waals surface area (Å²) in [6, 6.07) is 0.476. The average Bonchev–Trinajstić information content (AvgIpc) is 2.49. The van der Waals surface area contributed by atoms with Crippen molar-refractivity contribution in [1.82, 2.24) is 25.1 Å². The van der Waals surface area contributed by atoms with Crippen molar-refractivity contribution in [3.05, 3.63) is 5.82 Å². The molecule has 13 heavy (non-hydrogen) atoms. The normalized spacial score (nSPS) is 13.6. The van der Waals surface area contributed by atoms with Gasteiger partial charge in [-0.3, -0.25) is 4.90 Å². The lowest BCUT2D eigenvalue weighted by molar-refractivity contribution is 0.263. The smallest absolute Gasteiger partial charge is 0.188 e. The first-order valence-electron chi connectivity index (χ1n) is 4.12. The number of aromatic nitrogens is 4.